The predicted molar refractivity (Wildman–Crippen MR) is 114 cm³/mol. The Morgan fingerprint density at radius 1 is 0.909 bits per heavy atom. The van der Waals surface area contributed by atoms with Crippen molar-refractivity contribution in [3.63, 3.8) is 0 Å². The Bertz CT molecular complexity index is 1180. The molecule has 9 nitrogen and oxygen atoms in total. The van der Waals surface area contributed by atoms with Crippen molar-refractivity contribution in [2.24, 2.45) is 23.7 Å². The normalized spacial score (nSPS) is 24.8. The summed E-state index contributed by atoms with van der Waals surface area (Å²) < 4.78 is 0. The fourth-order valence-electron chi connectivity index (χ4n) is 5.08. The number of nitro benzene ring substituents is 1. The van der Waals surface area contributed by atoms with Gasteiger partial charge in [-0.15, -0.1) is 0 Å². The number of fused-ring (bicyclic) bond motifs is 5. The molecule has 2 aromatic carbocycles. The number of hydrogen-bond donors (Lipinski definition) is 0. The first kappa shape index (κ1) is 20.7. The summed E-state index contributed by atoms with van der Waals surface area (Å²) in [6, 6.07) is 13.1. The van der Waals surface area contributed by atoms with Gasteiger partial charge in [0.1, 0.15) is 6.54 Å². The van der Waals surface area contributed by atoms with Crippen LogP contribution in [-0.4, -0.2) is 45.0 Å². The average molecular weight is 445 g/mol. The van der Waals surface area contributed by atoms with Crippen molar-refractivity contribution in [3.8, 4) is 0 Å². The summed E-state index contributed by atoms with van der Waals surface area (Å²) >= 11 is 0. The molecule has 4 atom stereocenters. The van der Waals surface area contributed by atoms with Crippen LogP contribution < -0.4 is 0 Å². The van der Waals surface area contributed by atoms with Crippen molar-refractivity contribution in [2.75, 3.05) is 6.54 Å². The van der Waals surface area contributed by atoms with E-state index in [4.69, 9.17) is 0 Å². The van der Waals surface area contributed by atoms with Gasteiger partial charge < -0.3 is 0 Å². The molecule has 5 rings (SSSR count). The summed E-state index contributed by atoms with van der Waals surface area (Å²) in [7, 11) is 0. The van der Waals surface area contributed by atoms with Crippen LogP contribution in [0.15, 0.2) is 66.7 Å². The maximum absolute atomic E-state index is 13.4. The minimum absolute atomic E-state index is 0.0280. The minimum atomic E-state index is -0.754. The van der Waals surface area contributed by atoms with Gasteiger partial charge in [0.15, 0.2) is 5.78 Å². The Labute approximate surface area is 188 Å². The highest BCUT2D eigenvalue weighted by atomic mass is 16.6. The van der Waals surface area contributed by atoms with E-state index >= 15 is 0 Å². The third kappa shape index (κ3) is 3.32. The van der Waals surface area contributed by atoms with Gasteiger partial charge in [0.25, 0.3) is 23.4 Å². The molecule has 3 aliphatic rings. The Morgan fingerprint density at radius 2 is 1.48 bits per heavy atom. The number of carbonyl (C=O) groups excluding carboxylic acids is 4. The number of carbonyl (C=O) groups is 4. The number of ketones is 1. The molecule has 0 spiro atoms. The third-order valence-corrected chi connectivity index (χ3v) is 6.64. The molecule has 2 aliphatic carbocycles. The van der Waals surface area contributed by atoms with Crippen LogP contribution in [0.4, 0.5) is 5.69 Å². The monoisotopic (exact) mass is 445 g/mol. The zero-order valence-electron chi connectivity index (χ0n) is 17.4. The number of nitro groups is 1. The molecule has 0 aromatic heterocycles. The Kier molecular flexibility index (Phi) is 4.88. The highest BCUT2D eigenvalue weighted by Gasteiger charge is 2.61. The van der Waals surface area contributed by atoms with E-state index in [9.17, 15) is 29.3 Å². The molecular weight excluding hydrogens is 426 g/mol. The third-order valence-electron chi connectivity index (χ3n) is 6.64. The van der Waals surface area contributed by atoms with Crippen molar-refractivity contribution in [3.05, 3.63) is 88.0 Å². The van der Waals surface area contributed by atoms with Crippen molar-refractivity contribution in [2.45, 2.75) is 6.42 Å². The number of imide groups is 1. The summed E-state index contributed by atoms with van der Waals surface area (Å²) in [6.07, 6.45) is 4.62. The van der Waals surface area contributed by atoms with Crippen LogP contribution in [0.1, 0.15) is 27.1 Å². The van der Waals surface area contributed by atoms with E-state index < -0.39 is 46.8 Å². The van der Waals surface area contributed by atoms with Gasteiger partial charge in [0.05, 0.1) is 16.8 Å². The minimum Gasteiger partial charge on any atom is -0.292 e. The molecule has 2 aromatic rings. The summed E-state index contributed by atoms with van der Waals surface area (Å²) in [5, 5.41) is 12.7. The highest BCUT2D eigenvalue weighted by molar-refractivity contribution is 6.10. The Balaban J connectivity index is 1.49. The Hall–Kier alpha value is -4.14. The predicted octanol–water partition coefficient (Wildman–Crippen LogP) is 2.64. The average Bonchev–Trinajstić information content (AvgIpc) is 3.51. The molecule has 2 bridgehead atoms. The summed E-state index contributed by atoms with van der Waals surface area (Å²) in [4.78, 5) is 63.3. The number of benzene rings is 2. The molecule has 0 unspecified atom stereocenters. The van der Waals surface area contributed by atoms with Gasteiger partial charge in [-0.3, -0.25) is 29.3 Å². The second-order valence-electron chi connectivity index (χ2n) is 8.44. The van der Waals surface area contributed by atoms with E-state index in [1.807, 2.05) is 12.2 Å². The number of rotatable bonds is 6. The van der Waals surface area contributed by atoms with E-state index in [1.165, 1.54) is 12.1 Å². The van der Waals surface area contributed by atoms with E-state index in [0.29, 0.717) is 5.56 Å². The molecule has 1 heterocycles. The number of hydrogen-bond acceptors (Lipinski definition) is 6. The number of amides is 3. The number of nitrogens with zero attached hydrogens (tertiary/aromatic N) is 3. The smallest absolute Gasteiger partial charge is 0.273 e. The van der Waals surface area contributed by atoms with Gasteiger partial charge in [-0.1, -0.05) is 42.5 Å². The summed E-state index contributed by atoms with van der Waals surface area (Å²) in [6.45, 7) is -0.514. The van der Waals surface area contributed by atoms with Crippen LogP contribution >= 0.6 is 0 Å². The molecule has 0 N–H and O–H groups in total. The molecule has 166 valence electrons. The van der Waals surface area contributed by atoms with Crippen molar-refractivity contribution in [1.29, 1.82) is 0 Å². The van der Waals surface area contributed by atoms with Gasteiger partial charge in [0.2, 0.25) is 0 Å². The molecule has 3 amide bonds. The van der Waals surface area contributed by atoms with Gasteiger partial charge in [-0.05, 0) is 30.4 Å². The Morgan fingerprint density at radius 3 is 2.03 bits per heavy atom. The lowest BCUT2D eigenvalue weighted by atomic mass is 9.85. The quantitative estimate of drug-likeness (QED) is 0.222. The molecule has 33 heavy (non-hydrogen) atoms. The van der Waals surface area contributed by atoms with E-state index in [0.717, 1.165) is 28.6 Å². The van der Waals surface area contributed by atoms with Gasteiger partial charge in [-0.2, -0.15) is 5.01 Å². The second kappa shape index (κ2) is 7.77. The first-order chi connectivity index (χ1) is 15.9. The van der Waals surface area contributed by atoms with E-state index in [2.05, 4.69) is 0 Å². The standard InChI is InChI=1S/C24H19N3O6/c28-19(14-4-2-1-3-5-14)13-25(22(29)15-8-10-18(11-9-15)27(32)33)26-23(30)20-16-6-7-17(12-16)21(20)24(26)31/h1-11,16-17,20-21H,12-13H2/t16-,17-,20-,21-/m0/s1. The molecule has 2 fully saturated rings. The number of hydrazine groups is 1. The van der Waals surface area contributed by atoms with Gasteiger partial charge >= 0.3 is 0 Å². The lowest BCUT2D eigenvalue weighted by Crippen LogP contribution is -2.52. The van der Waals surface area contributed by atoms with Crippen molar-refractivity contribution < 1.29 is 24.1 Å². The van der Waals surface area contributed by atoms with Crippen LogP contribution in [0.25, 0.3) is 0 Å². The van der Waals surface area contributed by atoms with Crippen LogP contribution in [0.5, 0.6) is 0 Å². The maximum atomic E-state index is 13.4. The number of allylic oxidation sites excluding steroid dienone is 2. The zero-order valence-corrected chi connectivity index (χ0v) is 17.4. The van der Waals surface area contributed by atoms with Crippen LogP contribution in [0, 0.1) is 33.8 Å². The molecule has 1 saturated heterocycles. The molecule has 1 aliphatic heterocycles. The van der Waals surface area contributed by atoms with E-state index in [-0.39, 0.29) is 23.1 Å². The number of Topliss-reactive ketones (excluding diaryl/α,β-unsaturated/α-hetero) is 1. The molecule has 0 radical (unpaired) electrons. The molecular formula is C24H19N3O6. The lowest BCUT2D eigenvalue weighted by molar-refractivity contribution is -0.384. The van der Waals surface area contributed by atoms with Gasteiger partial charge in [0, 0.05) is 23.3 Å². The molecule has 9 heteroatoms. The van der Waals surface area contributed by atoms with Crippen molar-refractivity contribution >= 4 is 29.2 Å². The topological polar surface area (TPSA) is 118 Å². The van der Waals surface area contributed by atoms with Gasteiger partial charge in [-0.25, -0.2) is 5.01 Å². The van der Waals surface area contributed by atoms with E-state index in [1.54, 1.807) is 30.3 Å². The molecule has 1 saturated carbocycles. The van der Waals surface area contributed by atoms with Crippen LogP contribution in [0.3, 0.4) is 0 Å². The fraction of sp³-hybridized carbons (Fsp3) is 0.250. The van der Waals surface area contributed by atoms with Crippen LogP contribution in [0.2, 0.25) is 0 Å². The van der Waals surface area contributed by atoms with Crippen LogP contribution in [-0.2, 0) is 9.59 Å². The maximum Gasteiger partial charge on any atom is 0.273 e. The fourth-order valence-corrected chi connectivity index (χ4v) is 5.08. The first-order valence-electron chi connectivity index (χ1n) is 10.6. The second-order valence-corrected chi connectivity index (χ2v) is 8.44. The SMILES string of the molecule is O=C(CN(C(=O)c1ccc([N+](=O)[O-])cc1)N1C(=O)[C@@H]2[C@@H](C1=O)[C@H]1C=C[C@H]2C1)c1ccccc1. The van der Waals surface area contributed by atoms with Crippen molar-refractivity contribution in [1.82, 2.24) is 10.0 Å². The largest absolute Gasteiger partial charge is 0.292 e. The summed E-state index contributed by atoms with van der Waals surface area (Å²) in [5.41, 5.74) is 0.157. The highest BCUT2D eigenvalue weighted by Crippen LogP contribution is 2.52. The zero-order chi connectivity index (χ0) is 23.3. The summed E-state index contributed by atoms with van der Waals surface area (Å²) in [5.74, 6) is -3.35. The first-order valence-corrected chi connectivity index (χ1v) is 10.6. The number of non-ortho nitro benzene ring substituents is 1. The lowest BCUT2D eigenvalue weighted by Gasteiger charge is -2.30.